The van der Waals surface area contributed by atoms with E-state index in [1.807, 2.05) is 38.1 Å². The SMILES string of the molecule is CC(C)Oc1cccc(CNc2c(F)cccc2F)c1. The Bertz CT molecular complexity index is 564. The van der Waals surface area contributed by atoms with Crippen LogP contribution in [0.4, 0.5) is 14.5 Å². The van der Waals surface area contributed by atoms with Gasteiger partial charge in [-0.15, -0.1) is 0 Å². The van der Waals surface area contributed by atoms with Gasteiger partial charge in [-0.3, -0.25) is 0 Å². The minimum absolute atomic E-state index is 0.0854. The molecule has 0 saturated carbocycles. The summed E-state index contributed by atoms with van der Waals surface area (Å²) in [7, 11) is 0. The number of rotatable bonds is 5. The summed E-state index contributed by atoms with van der Waals surface area (Å²) in [6, 6.07) is 11.2. The number of anilines is 1. The molecule has 0 aromatic heterocycles. The van der Waals surface area contributed by atoms with E-state index in [0.717, 1.165) is 11.3 Å². The van der Waals surface area contributed by atoms with Crippen LogP contribution in [-0.2, 0) is 6.54 Å². The number of para-hydroxylation sites is 1. The Morgan fingerprint density at radius 3 is 2.35 bits per heavy atom. The first kappa shape index (κ1) is 14.3. The summed E-state index contributed by atoms with van der Waals surface area (Å²) in [6.45, 7) is 4.21. The van der Waals surface area contributed by atoms with Gasteiger partial charge < -0.3 is 10.1 Å². The summed E-state index contributed by atoms with van der Waals surface area (Å²) in [5.41, 5.74) is 0.786. The number of benzene rings is 2. The lowest BCUT2D eigenvalue weighted by Crippen LogP contribution is -2.07. The van der Waals surface area contributed by atoms with Crippen LogP contribution in [0.3, 0.4) is 0 Å². The van der Waals surface area contributed by atoms with Crippen molar-refractivity contribution in [3.63, 3.8) is 0 Å². The third-order valence-electron chi connectivity index (χ3n) is 2.70. The molecule has 0 bridgehead atoms. The highest BCUT2D eigenvalue weighted by Crippen LogP contribution is 2.20. The topological polar surface area (TPSA) is 21.3 Å². The average Bonchev–Trinajstić information content (AvgIpc) is 2.38. The van der Waals surface area contributed by atoms with Crippen LogP contribution in [-0.4, -0.2) is 6.10 Å². The number of hydrogen-bond acceptors (Lipinski definition) is 2. The number of nitrogens with one attached hydrogen (secondary N) is 1. The van der Waals surface area contributed by atoms with Crippen molar-refractivity contribution in [2.45, 2.75) is 26.5 Å². The van der Waals surface area contributed by atoms with Crippen molar-refractivity contribution in [2.24, 2.45) is 0 Å². The number of ether oxygens (including phenoxy) is 1. The van der Waals surface area contributed by atoms with E-state index in [0.29, 0.717) is 6.54 Å². The van der Waals surface area contributed by atoms with Crippen LogP contribution in [0.2, 0.25) is 0 Å². The van der Waals surface area contributed by atoms with Crippen molar-refractivity contribution in [1.29, 1.82) is 0 Å². The van der Waals surface area contributed by atoms with Crippen LogP contribution in [0, 0.1) is 11.6 Å². The third-order valence-corrected chi connectivity index (χ3v) is 2.70. The second-order valence-corrected chi connectivity index (χ2v) is 4.76. The van der Waals surface area contributed by atoms with Gasteiger partial charge in [0, 0.05) is 6.54 Å². The molecule has 2 aromatic rings. The molecule has 0 aliphatic heterocycles. The van der Waals surface area contributed by atoms with E-state index in [-0.39, 0.29) is 11.8 Å². The van der Waals surface area contributed by atoms with Gasteiger partial charge in [0.2, 0.25) is 0 Å². The fourth-order valence-electron chi connectivity index (χ4n) is 1.86. The molecule has 4 heteroatoms. The Morgan fingerprint density at radius 2 is 1.70 bits per heavy atom. The minimum Gasteiger partial charge on any atom is -0.491 e. The molecule has 2 rings (SSSR count). The summed E-state index contributed by atoms with van der Waals surface area (Å²) < 4.78 is 32.5. The first-order valence-electron chi connectivity index (χ1n) is 6.49. The molecule has 0 fully saturated rings. The molecule has 1 N–H and O–H groups in total. The molecule has 0 aliphatic carbocycles. The summed E-state index contributed by atoms with van der Waals surface area (Å²) in [4.78, 5) is 0. The van der Waals surface area contributed by atoms with Gasteiger partial charge in [-0.2, -0.15) is 0 Å². The highest BCUT2D eigenvalue weighted by molar-refractivity contribution is 5.46. The van der Waals surface area contributed by atoms with Crippen molar-refractivity contribution >= 4 is 5.69 Å². The van der Waals surface area contributed by atoms with E-state index in [1.165, 1.54) is 18.2 Å². The van der Waals surface area contributed by atoms with Gasteiger partial charge in [0.1, 0.15) is 23.1 Å². The molecule has 0 heterocycles. The fraction of sp³-hybridized carbons (Fsp3) is 0.250. The van der Waals surface area contributed by atoms with Crippen molar-refractivity contribution in [1.82, 2.24) is 0 Å². The maximum absolute atomic E-state index is 13.5. The van der Waals surface area contributed by atoms with E-state index in [4.69, 9.17) is 4.74 Å². The maximum atomic E-state index is 13.5. The van der Waals surface area contributed by atoms with Gasteiger partial charge in [-0.05, 0) is 43.7 Å². The second-order valence-electron chi connectivity index (χ2n) is 4.76. The molecule has 0 atom stereocenters. The summed E-state index contributed by atoms with van der Waals surface area (Å²) >= 11 is 0. The second kappa shape index (κ2) is 6.37. The average molecular weight is 277 g/mol. The normalized spacial score (nSPS) is 10.7. The van der Waals surface area contributed by atoms with E-state index < -0.39 is 11.6 Å². The predicted octanol–water partition coefficient (Wildman–Crippen LogP) is 4.36. The molecular formula is C16H17F2NO. The van der Waals surface area contributed by atoms with Crippen molar-refractivity contribution < 1.29 is 13.5 Å². The molecule has 2 nitrogen and oxygen atoms in total. The lowest BCUT2D eigenvalue weighted by molar-refractivity contribution is 0.242. The monoisotopic (exact) mass is 277 g/mol. The predicted molar refractivity (Wildman–Crippen MR) is 75.9 cm³/mol. The Kier molecular flexibility index (Phi) is 4.56. The Hall–Kier alpha value is -2.10. The van der Waals surface area contributed by atoms with Gasteiger partial charge in [-0.1, -0.05) is 18.2 Å². The number of halogens is 2. The highest BCUT2D eigenvalue weighted by atomic mass is 19.1. The standard InChI is InChI=1S/C16H17F2NO/c1-11(2)20-13-6-3-5-12(9-13)10-19-16-14(17)7-4-8-15(16)18/h3-9,11,19H,10H2,1-2H3. The first-order valence-corrected chi connectivity index (χ1v) is 6.49. The zero-order valence-electron chi connectivity index (χ0n) is 11.5. The molecule has 0 amide bonds. The van der Waals surface area contributed by atoms with Gasteiger partial charge in [0.05, 0.1) is 6.10 Å². The van der Waals surface area contributed by atoms with Crippen LogP contribution in [0.15, 0.2) is 42.5 Å². The van der Waals surface area contributed by atoms with Gasteiger partial charge >= 0.3 is 0 Å². The molecule has 0 unspecified atom stereocenters. The van der Waals surface area contributed by atoms with Crippen molar-refractivity contribution in [2.75, 3.05) is 5.32 Å². The van der Waals surface area contributed by atoms with Crippen molar-refractivity contribution in [3.8, 4) is 5.75 Å². The van der Waals surface area contributed by atoms with E-state index in [9.17, 15) is 8.78 Å². The smallest absolute Gasteiger partial charge is 0.149 e. The largest absolute Gasteiger partial charge is 0.491 e. The summed E-state index contributed by atoms with van der Waals surface area (Å²) in [6.07, 6.45) is 0.0854. The lowest BCUT2D eigenvalue weighted by atomic mass is 10.2. The van der Waals surface area contributed by atoms with Crippen LogP contribution in [0.1, 0.15) is 19.4 Å². The Balaban J connectivity index is 2.07. The van der Waals surface area contributed by atoms with E-state index in [2.05, 4.69) is 5.32 Å². The van der Waals surface area contributed by atoms with Gasteiger partial charge in [0.25, 0.3) is 0 Å². The highest BCUT2D eigenvalue weighted by Gasteiger charge is 2.07. The molecule has 106 valence electrons. The zero-order chi connectivity index (χ0) is 14.5. The van der Waals surface area contributed by atoms with Crippen molar-refractivity contribution in [3.05, 3.63) is 59.7 Å². The van der Waals surface area contributed by atoms with E-state index >= 15 is 0 Å². The van der Waals surface area contributed by atoms with Crippen LogP contribution >= 0.6 is 0 Å². The molecular weight excluding hydrogens is 260 g/mol. The fourth-order valence-corrected chi connectivity index (χ4v) is 1.86. The van der Waals surface area contributed by atoms with Gasteiger partial charge in [0.15, 0.2) is 0 Å². The molecule has 0 saturated heterocycles. The quantitative estimate of drug-likeness (QED) is 0.876. The number of hydrogen-bond donors (Lipinski definition) is 1. The summed E-state index contributed by atoms with van der Waals surface area (Å²) in [5.74, 6) is -0.451. The van der Waals surface area contributed by atoms with Crippen LogP contribution in [0.25, 0.3) is 0 Å². The Morgan fingerprint density at radius 1 is 1.05 bits per heavy atom. The lowest BCUT2D eigenvalue weighted by Gasteiger charge is -2.12. The molecule has 2 aromatic carbocycles. The van der Waals surface area contributed by atoms with E-state index in [1.54, 1.807) is 0 Å². The summed E-state index contributed by atoms with van der Waals surface area (Å²) in [5, 5.41) is 2.77. The minimum atomic E-state index is -0.598. The molecule has 0 aliphatic rings. The Labute approximate surface area is 117 Å². The third kappa shape index (κ3) is 3.70. The zero-order valence-corrected chi connectivity index (χ0v) is 11.5. The molecule has 0 spiro atoms. The van der Waals surface area contributed by atoms with Crippen LogP contribution < -0.4 is 10.1 Å². The molecule has 20 heavy (non-hydrogen) atoms. The van der Waals surface area contributed by atoms with Gasteiger partial charge in [-0.25, -0.2) is 8.78 Å². The first-order chi connectivity index (χ1) is 9.56. The van der Waals surface area contributed by atoms with Crippen LogP contribution in [0.5, 0.6) is 5.75 Å². The maximum Gasteiger partial charge on any atom is 0.149 e. The molecule has 0 radical (unpaired) electrons.